The molecule has 0 bridgehead atoms. The molecule has 1 aliphatic heterocycles. The minimum absolute atomic E-state index is 0.103. The van der Waals surface area contributed by atoms with Gasteiger partial charge in [0.05, 0.1) is 5.92 Å². The average molecular weight is 224 g/mol. The van der Waals surface area contributed by atoms with Gasteiger partial charge in [-0.25, -0.2) is 0 Å². The van der Waals surface area contributed by atoms with E-state index in [1.807, 2.05) is 0 Å². The van der Waals surface area contributed by atoms with Gasteiger partial charge in [-0.15, -0.1) is 0 Å². The summed E-state index contributed by atoms with van der Waals surface area (Å²) in [7, 11) is 0. The van der Waals surface area contributed by atoms with Crippen molar-refractivity contribution in [2.24, 2.45) is 17.6 Å². The SMILES string of the molecule is C[C@H]1CCC[C@@H](N2CCC[C@H](C(N)=O)C2)C1. The van der Waals surface area contributed by atoms with Gasteiger partial charge in [-0.3, -0.25) is 9.69 Å². The average Bonchev–Trinajstić information content (AvgIpc) is 2.29. The van der Waals surface area contributed by atoms with Crippen molar-refractivity contribution >= 4 is 5.91 Å². The first kappa shape index (κ1) is 11.9. The quantitative estimate of drug-likeness (QED) is 0.777. The summed E-state index contributed by atoms with van der Waals surface area (Å²) in [6.45, 7) is 4.43. The molecule has 1 aliphatic carbocycles. The summed E-state index contributed by atoms with van der Waals surface area (Å²) in [6.07, 6.45) is 7.49. The van der Waals surface area contributed by atoms with Crippen LogP contribution in [0.2, 0.25) is 0 Å². The van der Waals surface area contributed by atoms with Crippen molar-refractivity contribution in [1.82, 2.24) is 4.90 Å². The third-order valence-electron chi connectivity index (χ3n) is 4.28. The van der Waals surface area contributed by atoms with Crippen LogP contribution in [0.3, 0.4) is 0 Å². The van der Waals surface area contributed by atoms with E-state index in [-0.39, 0.29) is 11.8 Å². The summed E-state index contributed by atoms with van der Waals surface area (Å²) in [6, 6.07) is 0.714. The van der Waals surface area contributed by atoms with Crippen LogP contribution < -0.4 is 5.73 Å². The molecule has 0 spiro atoms. The molecule has 0 aromatic heterocycles. The van der Waals surface area contributed by atoms with Crippen LogP contribution in [-0.4, -0.2) is 29.9 Å². The summed E-state index contributed by atoms with van der Waals surface area (Å²) in [5.41, 5.74) is 5.42. The third kappa shape index (κ3) is 2.76. The van der Waals surface area contributed by atoms with Gasteiger partial charge in [-0.05, 0) is 38.1 Å². The molecule has 2 N–H and O–H groups in total. The second kappa shape index (κ2) is 5.17. The van der Waals surface area contributed by atoms with Crippen molar-refractivity contribution in [3.05, 3.63) is 0 Å². The minimum Gasteiger partial charge on any atom is -0.369 e. The fourth-order valence-electron chi connectivity index (χ4n) is 3.30. The van der Waals surface area contributed by atoms with E-state index < -0.39 is 0 Å². The minimum atomic E-state index is -0.103. The molecule has 1 saturated heterocycles. The second-order valence-corrected chi connectivity index (χ2v) is 5.66. The molecule has 3 heteroatoms. The number of hydrogen-bond acceptors (Lipinski definition) is 2. The number of hydrogen-bond donors (Lipinski definition) is 1. The summed E-state index contributed by atoms with van der Waals surface area (Å²) >= 11 is 0. The van der Waals surface area contributed by atoms with Gasteiger partial charge in [0.15, 0.2) is 0 Å². The third-order valence-corrected chi connectivity index (χ3v) is 4.28. The van der Waals surface area contributed by atoms with Crippen LogP contribution >= 0.6 is 0 Å². The maximum atomic E-state index is 11.2. The van der Waals surface area contributed by atoms with Crippen molar-refractivity contribution in [2.45, 2.75) is 51.5 Å². The van der Waals surface area contributed by atoms with Gasteiger partial charge in [-0.2, -0.15) is 0 Å². The number of nitrogens with zero attached hydrogens (tertiary/aromatic N) is 1. The van der Waals surface area contributed by atoms with Crippen LogP contribution in [0, 0.1) is 11.8 Å². The lowest BCUT2D eigenvalue weighted by molar-refractivity contribution is -0.123. The van der Waals surface area contributed by atoms with Crippen molar-refractivity contribution in [3.8, 4) is 0 Å². The Morgan fingerprint density at radius 1 is 1.25 bits per heavy atom. The predicted octanol–water partition coefficient (Wildman–Crippen LogP) is 1.76. The zero-order valence-corrected chi connectivity index (χ0v) is 10.3. The Bertz CT molecular complexity index is 254. The number of carbonyl (C=O) groups excluding carboxylic acids is 1. The van der Waals surface area contributed by atoms with Gasteiger partial charge in [0, 0.05) is 12.6 Å². The van der Waals surface area contributed by atoms with Crippen LogP contribution in [0.25, 0.3) is 0 Å². The Kier molecular flexibility index (Phi) is 3.85. The summed E-state index contributed by atoms with van der Waals surface area (Å²) < 4.78 is 0. The Morgan fingerprint density at radius 3 is 2.75 bits per heavy atom. The highest BCUT2D eigenvalue weighted by Crippen LogP contribution is 2.30. The maximum Gasteiger partial charge on any atom is 0.221 e. The number of primary amides is 1. The predicted molar refractivity (Wildman–Crippen MR) is 64.9 cm³/mol. The first-order valence-electron chi connectivity index (χ1n) is 6.70. The van der Waals surface area contributed by atoms with Crippen molar-refractivity contribution < 1.29 is 4.79 Å². The number of amides is 1. The first-order chi connectivity index (χ1) is 7.66. The molecule has 1 amide bonds. The van der Waals surface area contributed by atoms with Gasteiger partial charge in [0.2, 0.25) is 5.91 Å². The summed E-state index contributed by atoms with van der Waals surface area (Å²) in [5.74, 6) is 0.854. The van der Waals surface area contributed by atoms with Gasteiger partial charge >= 0.3 is 0 Å². The molecule has 1 saturated carbocycles. The molecule has 0 aromatic carbocycles. The molecule has 3 nitrogen and oxygen atoms in total. The van der Waals surface area contributed by atoms with E-state index in [0.717, 1.165) is 25.3 Å². The monoisotopic (exact) mass is 224 g/mol. The Balaban J connectivity index is 1.90. The number of rotatable bonds is 2. The summed E-state index contributed by atoms with van der Waals surface area (Å²) in [4.78, 5) is 13.8. The lowest BCUT2D eigenvalue weighted by atomic mass is 9.84. The molecule has 0 unspecified atom stereocenters. The van der Waals surface area contributed by atoms with Crippen LogP contribution in [0.4, 0.5) is 0 Å². The van der Waals surface area contributed by atoms with Gasteiger partial charge in [0.1, 0.15) is 0 Å². The molecule has 16 heavy (non-hydrogen) atoms. The highest BCUT2D eigenvalue weighted by Gasteiger charge is 2.30. The maximum absolute atomic E-state index is 11.2. The normalized spacial score (nSPS) is 37.2. The lowest BCUT2D eigenvalue weighted by Crippen LogP contribution is -2.47. The van der Waals surface area contributed by atoms with Gasteiger partial charge < -0.3 is 5.73 Å². The van der Waals surface area contributed by atoms with E-state index in [2.05, 4.69) is 11.8 Å². The van der Waals surface area contributed by atoms with E-state index in [4.69, 9.17) is 5.73 Å². The highest BCUT2D eigenvalue weighted by atomic mass is 16.1. The lowest BCUT2D eigenvalue weighted by Gasteiger charge is -2.40. The van der Waals surface area contributed by atoms with Crippen LogP contribution in [0.15, 0.2) is 0 Å². The van der Waals surface area contributed by atoms with Gasteiger partial charge in [0.25, 0.3) is 0 Å². The Hall–Kier alpha value is -0.570. The van der Waals surface area contributed by atoms with Crippen LogP contribution in [0.1, 0.15) is 45.4 Å². The molecule has 0 aromatic rings. The number of likely N-dealkylation sites (tertiary alicyclic amines) is 1. The fourth-order valence-corrected chi connectivity index (χ4v) is 3.30. The molecular weight excluding hydrogens is 200 g/mol. The largest absolute Gasteiger partial charge is 0.369 e. The zero-order valence-electron chi connectivity index (χ0n) is 10.3. The fraction of sp³-hybridized carbons (Fsp3) is 0.923. The van der Waals surface area contributed by atoms with Crippen molar-refractivity contribution in [3.63, 3.8) is 0 Å². The summed E-state index contributed by atoms with van der Waals surface area (Å²) in [5, 5.41) is 0. The first-order valence-corrected chi connectivity index (χ1v) is 6.70. The molecule has 92 valence electrons. The molecule has 2 fully saturated rings. The van der Waals surface area contributed by atoms with Gasteiger partial charge in [-0.1, -0.05) is 19.8 Å². The van der Waals surface area contributed by atoms with Crippen molar-refractivity contribution in [1.29, 1.82) is 0 Å². The smallest absolute Gasteiger partial charge is 0.221 e. The molecule has 2 rings (SSSR count). The van der Waals surface area contributed by atoms with Crippen LogP contribution in [-0.2, 0) is 4.79 Å². The zero-order chi connectivity index (χ0) is 11.5. The Morgan fingerprint density at radius 2 is 2.06 bits per heavy atom. The molecule has 3 atom stereocenters. The molecule has 2 aliphatic rings. The molecular formula is C13H24N2O. The molecule has 1 heterocycles. The number of piperidine rings is 1. The second-order valence-electron chi connectivity index (χ2n) is 5.66. The Labute approximate surface area is 98.4 Å². The highest BCUT2D eigenvalue weighted by molar-refractivity contribution is 5.76. The van der Waals surface area contributed by atoms with E-state index in [0.29, 0.717) is 6.04 Å². The van der Waals surface area contributed by atoms with E-state index in [1.54, 1.807) is 0 Å². The van der Waals surface area contributed by atoms with E-state index >= 15 is 0 Å². The van der Waals surface area contributed by atoms with Crippen LogP contribution in [0.5, 0.6) is 0 Å². The standard InChI is InChI=1S/C13H24N2O/c1-10-4-2-6-12(8-10)15-7-3-5-11(9-15)13(14)16/h10-12H,2-9H2,1H3,(H2,14,16)/t10-,11-,12+/m0/s1. The van der Waals surface area contributed by atoms with E-state index in [9.17, 15) is 4.79 Å². The topological polar surface area (TPSA) is 46.3 Å². The number of carbonyl (C=O) groups is 1. The number of nitrogens with two attached hydrogens (primary N) is 1. The van der Waals surface area contributed by atoms with E-state index in [1.165, 1.54) is 32.2 Å². The molecule has 0 radical (unpaired) electrons. The van der Waals surface area contributed by atoms with Crippen molar-refractivity contribution in [2.75, 3.05) is 13.1 Å².